The van der Waals surface area contributed by atoms with Crippen molar-refractivity contribution in [3.63, 3.8) is 0 Å². The van der Waals surface area contributed by atoms with Crippen LogP contribution in [0.4, 0.5) is 24.5 Å². The Morgan fingerprint density at radius 3 is 2.39 bits per heavy atom. The summed E-state index contributed by atoms with van der Waals surface area (Å²) in [7, 11) is 1.37. The Morgan fingerprint density at radius 1 is 1.05 bits per heavy atom. The number of piperidine rings is 1. The van der Waals surface area contributed by atoms with E-state index in [2.05, 4.69) is 15.3 Å². The van der Waals surface area contributed by atoms with Crippen LogP contribution in [0.3, 0.4) is 0 Å². The van der Waals surface area contributed by atoms with Gasteiger partial charge < -0.3 is 25.6 Å². The lowest BCUT2D eigenvalue weighted by Crippen LogP contribution is -2.59. The SMILES string of the molecule is CN(C(=O)OCC1c2ccccc2-c2ccccc21)[C@@H]1CCN(c2cccc(-c3csc(NC(=O)CN)n3)n2)CC1(F)F.Cl. The number of nitrogens with one attached hydrogen (secondary N) is 1. The lowest BCUT2D eigenvalue weighted by Gasteiger charge is -2.42. The Labute approximate surface area is 263 Å². The highest BCUT2D eigenvalue weighted by Gasteiger charge is 2.48. The number of carbonyl (C=O) groups is 2. The van der Waals surface area contributed by atoms with E-state index in [1.807, 2.05) is 48.5 Å². The molecule has 0 unspecified atom stereocenters. The first-order valence-corrected chi connectivity index (χ1v) is 14.8. The molecule has 3 heterocycles. The monoisotopic (exact) mass is 640 g/mol. The summed E-state index contributed by atoms with van der Waals surface area (Å²) in [5.41, 5.74) is 10.6. The van der Waals surface area contributed by atoms with Crippen LogP contribution in [-0.4, -0.2) is 72.1 Å². The number of hydrogen-bond donors (Lipinski definition) is 2. The Kier molecular flexibility index (Phi) is 9.14. The lowest BCUT2D eigenvalue weighted by molar-refractivity contribution is -0.114. The minimum atomic E-state index is -3.21. The number of pyridine rings is 1. The van der Waals surface area contributed by atoms with Crippen molar-refractivity contribution in [1.29, 1.82) is 0 Å². The molecule has 6 rings (SSSR count). The summed E-state index contributed by atoms with van der Waals surface area (Å²) in [5, 5.41) is 4.69. The van der Waals surface area contributed by atoms with Crippen LogP contribution in [0.2, 0.25) is 0 Å². The Morgan fingerprint density at radius 2 is 1.73 bits per heavy atom. The third kappa shape index (κ3) is 6.10. The van der Waals surface area contributed by atoms with Crippen molar-refractivity contribution in [2.24, 2.45) is 5.73 Å². The maximum Gasteiger partial charge on any atom is 0.409 e. The minimum Gasteiger partial charge on any atom is -0.448 e. The molecule has 1 aliphatic carbocycles. The second kappa shape index (κ2) is 12.8. The van der Waals surface area contributed by atoms with Gasteiger partial charge in [0.2, 0.25) is 5.91 Å². The molecule has 9 nitrogen and oxygen atoms in total. The van der Waals surface area contributed by atoms with Gasteiger partial charge in [0.15, 0.2) is 5.13 Å². The van der Waals surface area contributed by atoms with E-state index in [0.717, 1.165) is 27.2 Å². The second-order valence-electron chi connectivity index (χ2n) is 10.6. The third-order valence-electron chi connectivity index (χ3n) is 7.91. The van der Waals surface area contributed by atoms with E-state index in [-0.39, 0.29) is 50.3 Å². The van der Waals surface area contributed by atoms with E-state index in [4.69, 9.17) is 10.5 Å². The quantitative estimate of drug-likeness (QED) is 0.270. The minimum absolute atomic E-state index is 0. The van der Waals surface area contributed by atoms with Gasteiger partial charge in [0.05, 0.1) is 18.8 Å². The lowest BCUT2D eigenvalue weighted by atomic mass is 9.98. The van der Waals surface area contributed by atoms with Gasteiger partial charge in [0.25, 0.3) is 5.92 Å². The van der Waals surface area contributed by atoms with Crippen molar-refractivity contribution < 1.29 is 23.1 Å². The van der Waals surface area contributed by atoms with Crippen LogP contribution in [0.25, 0.3) is 22.5 Å². The highest BCUT2D eigenvalue weighted by Crippen LogP contribution is 2.44. The van der Waals surface area contributed by atoms with Crippen molar-refractivity contribution in [1.82, 2.24) is 14.9 Å². The first-order chi connectivity index (χ1) is 20.7. The number of ether oxygens (including phenoxy) is 1. The topological polar surface area (TPSA) is 114 Å². The summed E-state index contributed by atoms with van der Waals surface area (Å²) in [6.07, 6.45) is -0.743. The molecule has 0 saturated carbocycles. The van der Waals surface area contributed by atoms with Crippen LogP contribution in [0.5, 0.6) is 0 Å². The molecule has 1 fully saturated rings. The molecular formula is C31H31ClF2N6O3S. The van der Waals surface area contributed by atoms with Gasteiger partial charge in [-0.15, -0.1) is 23.7 Å². The Balaban J connectivity index is 0.00000384. The van der Waals surface area contributed by atoms with Gasteiger partial charge in [-0.25, -0.2) is 23.5 Å². The van der Waals surface area contributed by atoms with Gasteiger partial charge in [-0.2, -0.15) is 0 Å². The van der Waals surface area contributed by atoms with Gasteiger partial charge in [0.1, 0.15) is 24.2 Å². The van der Waals surface area contributed by atoms with Crippen LogP contribution in [0, 0.1) is 0 Å². The summed E-state index contributed by atoms with van der Waals surface area (Å²) in [6, 6.07) is 19.7. The largest absolute Gasteiger partial charge is 0.448 e. The number of thiazole rings is 1. The average Bonchev–Trinajstić information content (AvgIpc) is 3.61. The van der Waals surface area contributed by atoms with Crippen LogP contribution in [-0.2, 0) is 9.53 Å². The van der Waals surface area contributed by atoms with Crippen LogP contribution in [0.15, 0.2) is 72.1 Å². The standard InChI is InChI=1S/C31H30F2N6O3S.ClH/c1-38(30(41)42-16-23-21-9-4-2-7-19(21)20-8-3-5-10-22(20)23)26-13-14-39(18-31(26,32)33)27-12-6-11-24(35-27)25-17-43-29(36-25)37-28(40)15-34;/h2-12,17,23,26H,13-16,18,34H2,1H3,(H,36,37,40);1H/t26-;/m1./s1. The first kappa shape index (κ1) is 31.3. The predicted molar refractivity (Wildman–Crippen MR) is 169 cm³/mol. The fraction of sp³-hybridized carbons (Fsp3) is 0.290. The smallest absolute Gasteiger partial charge is 0.409 e. The number of fused-ring (bicyclic) bond motifs is 3. The molecule has 0 bridgehead atoms. The fourth-order valence-electron chi connectivity index (χ4n) is 5.78. The van der Waals surface area contributed by atoms with Gasteiger partial charge in [-0.3, -0.25) is 4.79 Å². The van der Waals surface area contributed by atoms with Crippen molar-refractivity contribution in [2.45, 2.75) is 24.3 Å². The van der Waals surface area contributed by atoms with Crippen LogP contribution in [0.1, 0.15) is 23.5 Å². The van der Waals surface area contributed by atoms with E-state index >= 15 is 8.78 Å². The van der Waals surface area contributed by atoms with Gasteiger partial charge in [-0.1, -0.05) is 54.6 Å². The predicted octanol–water partition coefficient (Wildman–Crippen LogP) is 5.62. The number of nitrogens with two attached hydrogens (primary N) is 1. The molecule has 2 amide bonds. The van der Waals surface area contributed by atoms with Crippen molar-refractivity contribution in [3.05, 3.63) is 83.2 Å². The number of alkyl halides is 2. The van der Waals surface area contributed by atoms with E-state index in [9.17, 15) is 9.59 Å². The second-order valence-corrected chi connectivity index (χ2v) is 11.4. The molecule has 13 heteroatoms. The zero-order valence-electron chi connectivity index (χ0n) is 23.8. The van der Waals surface area contributed by atoms with Crippen LogP contribution >= 0.6 is 23.7 Å². The number of halogens is 3. The number of nitrogens with zero attached hydrogens (tertiary/aromatic N) is 4. The number of aromatic nitrogens is 2. The van der Waals surface area contributed by atoms with Crippen molar-refractivity contribution in [3.8, 4) is 22.5 Å². The number of carbonyl (C=O) groups excluding carboxylic acids is 2. The number of hydrogen-bond acceptors (Lipinski definition) is 8. The normalized spacial score (nSPS) is 16.8. The van der Waals surface area contributed by atoms with E-state index in [1.54, 1.807) is 23.6 Å². The molecule has 4 aromatic rings. The maximum absolute atomic E-state index is 15.6. The molecular weight excluding hydrogens is 610 g/mol. The molecule has 44 heavy (non-hydrogen) atoms. The molecule has 2 aromatic heterocycles. The van der Waals surface area contributed by atoms with E-state index in [1.165, 1.54) is 23.3 Å². The molecule has 2 aromatic carbocycles. The molecule has 1 aliphatic heterocycles. The van der Waals surface area contributed by atoms with Gasteiger partial charge in [-0.05, 0) is 40.8 Å². The van der Waals surface area contributed by atoms with Crippen molar-refractivity contribution >= 4 is 46.7 Å². The zero-order chi connectivity index (χ0) is 30.1. The number of benzene rings is 2. The third-order valence-corrected chi connectivity index (χ3v) is 8.67. The molecule has 1 atom stereocenters. The summed E-state index contributed by atoms with van der Waals surface area (Å²) in [5.74, 6) is -3.36. The molecule has 0 radical (unpaired) electrons. The summed E-state index contributed by atoms with van der Waals surface area (Å²) < 4.78 is 36.8. The zero-order valence-corrected chi connectivity index (χ0v) is 25.4. The number of amides is 2. The number of rotatable bonds is 7. The summed E-state index contributed by atoms with van der Waals surface area (Å²) in [6.45, 7) is -0.438. The molecule has 1 saturated heterocycles. The van der Waals surface area contributed by atoms with Gasteiger partial charge in [0, 0.05) is 24.9 Å². The first-order valence-electron chi connectivity index (χ1n) is 13.9. The Hall–Kier alpha value is -4.13. The fourth-order valence-corrected chi connectivity index (χ4v) is 6.51. The summed E-state index contributed by atoms with van der Waals surface area (Å²) in [4.78, 5) is 36.1. The Bertz CT molecular complexity index is 1630. The van der Waals surface area contributed by atoms with Gasteiger partial charge >= 0.3 is 6.09 Å². The average molecular weight is 641 g/mol. The molecule has 2 aliphatic rings. The molecule has 230 valence electrons. The highest BCUT2D eigenvalue weighted by atomic mass is 35.5. The summed E-state index contributed by atoms with van der Waals surface area (Å²) >= 11 is 1.22. The van der Waals surface area contributed by atoms with Crippen LogP contribution < -0.4 is 16.0 Å². The van der Waals surface area contributed by atoms with E-state index in [0.29, 0.717) is 22.3 Å². The highest BCUT2D eigenvalue weighted by molar-refractivity contribution is 7.14. The maximum atomic E-state index is 15.6. The molecule has 0 spiro atoms. The number of anilines is 2. The van der Waals surface area contributed by atoms with E-state index < -0.39 is 24.6 Å². The molecule has 3 N–H and O–H groups in total. The van der Waals surface area contributed by atoms with Crippen molar-refractivity contribution in [2.75, 3.05) is 43.5 Å².